The van der Waals surface area contributed by atoms with Crippen LogP contribution in [0.15, 0.2) is 58.2 Å². The van der Waals surface area contributed by atoms with Crippen LogP contribution in [0.1, 0.15) is 21.6 Å². The average Bonchev–Trinajstić information content (AvgIpc) is 3.23. The Labute approximate surface area is 154 Å². The molecule has 2 aromatic heterocycles. The summed E-state index contributed by atoms with van der Waals surface area (Å²) < 4.78 is 5.72. The van der Waals surface area contributed by atoms with E-state index in [1.807, 2.05) is 62.4 Å². The molecule has 0 amide bonds. The number of Topliss-reactive ketones (excluding diaryl/α,β-unsaturated/α-hetero) is 1. The molecule has 2 aromatic carbocycles. The van der Waals surface area contributed by atoms with Gasteiger partial charge in [-0.25, -0.2) is 0 Å². The number of rotatable bonds is 5. The van der Waals surface area contributed by atoms with Crippen LogP contribution >= 0.6 is 11.8 Å². The molecule has 0 aliphatic carbocycles. The molecule has 0 aliphatic rings. The summed E-state index contributed by atoms with van der Waals surface area (Å²) >= 11 is 1.26. The molecular formula is C20H17N3O2S. The number of benzene rings is 2. The molecule has 0 aliphatic heterocycles. The zero-order valence-electron chi connectivity index (χ0n) is 14.4. The van der Waals surface area contributed by atoms with Gasteiger partial charge < -0.3 is 9.40 Å². The summed E-state index contributed by atoms with van der Waals surface area (Å²) in [6.07, 6.45) is 0. The van der Waals surface area contributed by atoms with Crippen molar-refractivity contribution in [2.45, 2.75) is 19.1 Å². The molecule has 130 valence electrons. The predicted molar refractivity (Wildman–Crippen MR) is 103 cm³/mol. The smallest absolute Gasteiger partial charge is 0.277 e. The molecule has 4 aromatic rings. The largest absolute Gasteiger partial charge is 0.411 e. The lowest BCUT2D eigenvalue weighted by atomic mass is 10.1. The predicted octanol–water partition coefficient (Wildman–Crippen LogP) is 4.81. The first kappa shape index (κ1) is 16.6. The minimum absolute atomic E-state index is 0.0422. The van der Waals surface area contributed by atoms with E-state index in [9.17, 15) is 4.79 Å². The second-order valence-corrected chi connectivity index (χ2v) is 7.00. The van der Waals surface area contributed by atoms with Crippen LogP contribution in [0.5, 0.6) is 0 Å². The third-order valence-corrected chi connectivity index (χ3v) is 5.10. The maximum absolute atomic E-state index is 12.7. The summed E-state index contributed by atoms with van der Waals surface area (Å²) in [5.41, 5.74) is 4.55. The van der Waals surface area contributed by atoms with Crippen LogP contribution < -0.4 is 0 Å². The first-order valence-corrected chi connectivity index (χ1v) is 9.25. The summed E-state index contributed by atoms with van der Waals surface area (Å²) in [5, 5.41) is 9.50. The minimum atomic E-state index is 0.0422. The van der Waals surface area contributed by atoms with Crippen LogP contribution in [0.25, 0.3) is 22.4 Å². The van der Waals surface area contributed by atoms with Gasteiger partial charge in [0.1, 0.15) is 0 Å². The highest BCUT2D eigenvalue weighted by Gasteiger charge is 2.18. The van der Waals surface area contributed by atoms with Crippen molar-refractivity contribution in [3.63, 3.8) is 0 Å². The first-order valence-electron chi connectivity index (χ1n) is 8.26. The maximum Gasteiger partial charge on any atom is 0.277 e. The standard InChI is InChI=1S/C20H17N3O2S/c1-12-7-3-4-8-14(12)19-22-23-20(25-19)26-11-17(24)18-13(2)21-16-10-6-5-9-15(16)18/h3-10,21H,11H2,1-2H3. The number of nitrogens with zero attached hydrogens (tertiary/aromatic N) is 2. The molecular weight excluding hydrogens is 346 g/mol. The molecule has 0 radical (unpaired) electrons. The molecule has 0 unspecified atom stereocenters. The van der Waals surface area contributed by atoms with Crippen LogP contribution in [0.3, 0.4) is 0 Å². The summed E-state index contributed by atoms with van der Waals surface area (Å²) in [6, 6.07) is 15.7. The van der Waals surface area contributed by atoms with E-state index in [1.54, 1.807) is 0 Å². The molecule has 0 atom stereocenters. The number of carbonyl (C=O) groups is 1. The number of hydrogen-bond acceptors (Lipinski definition) is 5. The van der Waals surface area contributed by atoms with Gasteiger partial charge in [0.15, 0.2) is 5.78 Å². The molecule has 4 rings (SSSR count). The van der Waals surface area contributed by atoms with E-state index in [4.69, 9.17) is 4.42 Å². The zero-order valence-corrected chi connectivity index (χ0v) is 15.3. The summed E-state index contributed by atoms with van der Waals surface area (Å²) in [4.78, 5) is 16.0. The Kier molecular flexibility index (Phi) is 4.34. The van der Waals surface area contributed by atoms with Crippen LogP contribution in [-0.2, 0) is 0 Å². The van der Waals surface area contributed by atoms with Gasteiger partial charge >= 0.3 is 0 Å². The monoisotopic (exact) mass is 363 g/mol. The van der Waals surface area contributed by atoms with Gasteiger partial charge in [0.2, 0.25) is 5.89 Å². The Morgan fingerprint density at radius 1 is 1.08 bits per heavy atom. The first-order chi connectivity index (χ1) is 12.6. The van der Waals surface area contributed by atoms with Crippen molar-refractivity contribution in [2.24, 2.45) is 0 Å². The van der Waals surface area contributed by atoms with E-state index in [0.29, 0.717) is 11.1 Å². The molecule has 0 saturated heterocycles. The van der Waals surface area contributed by atoms with E-state index in [2.05, 4.69) is 15.2 Å². The number of carbonyl (C=O) groups excluding carboxylic acids is 1. The van der Waals surface area contributed by atoms with Gasteiger partial charge in [-0.1, -0.05) is 48.2 Å². The normalized spacial score (nSPS) is 11.2. The molecule has 5 nitrogen and oxygen atoms in total. The maximum atomic E-state index is 12.7. The molecule has 0 spiro atoms. The second-order valence-electron chi connectivity index (χ2n) is 6.07. The Balaban J connectivity index is 1.52. The van der Waals surface area contributed by atoms with Crippen molar-refractivity contribution >= 4 is 28.4 Å². The quantitative estimate of drug-likeness (QED) is 0.407. The fourth-order valence-corrected chi connectivity index (χ4v) is 3.66. The molecule has 2 heterocycles. The van der Waals surface area contributed by atoms with Crippen molar-refractivity contribution in [1.82, 2.24) is 15.2 Å². The lowest BCUT2D eigenvalue weighted by Crippen LogP contribution is -2.03. The van der Waals surface area contributed by atoms with Gasteiger partial charge in [-0.15, -0.1) is 10.2 Å². The number of hydrogen-bond donors (Lipinski definition) is 1. The van der Waals surface area contributed by atoms with E-state index >= 15 is 0 Å². The number of thioether (sulfide) groups is 1. The van der Waals surface area contributed by atoms with Crippen molar-refractivity contribution in [3.8, 4) is 11.5 Å². The van der Waals surface area contributed by atoms with Crippen molar-refractivity contribution < 1.29 is 9.21 Å². The van der Waals surface area contributed by atoms with Crippen molar-refractivity contribution in [1.29, 1.82) is 0 Å². The number of fused-ring (bicyclic) bond motifs is 1. The number of aromatic amines is 1. The minimum Gasteiger partial charge on any atom is -0.411 e. The summed E-state index contributed by atoms with van der Waals surface area (Å²) in [5.74, 6) is 0.764. The summed E-state index contributed by atoms with van der Waals surface area (Å²) in [7, 11) is 0. The Bertz CT molecular complexity index is 1100. The third kappa shape index (κ3) is 3.04. The molecule has 0 bridgehead atoms. The highest BCUT2D eigenvalue weighted by atomic mass is 32.2. The average molecular weight is 363 g/mol. The lowest BCUT2D eigenvalue weighted by molar-refractivity contribution is 0.102. The van der Waals surface area contributed by atoms with Crippen LogP contribution in [0.2, 0.25) is 0 Å². The van der Waals surface area contributed by atoms with E-state index in [-0.39, 0.29) is 11.5 Å². The van der Waals surface area contributed by atoms with Crippen molar-refractivity contribution in [3.05, 3.63) is 65.4 Å². The van der Waals surface area contributed by atoms with Crippen LogP contribution in [0, 0.1) is 13.8 Å². The van der Waals surface area contributed by atoms with Crippen molar-refractivity contribution in [2.75, 3.05) is 5.75 Å². The molecule has 6 heteroatoms. The number of ketones is 1. The van der Waals surface area contributed by atoms with E-state index in [1.165, 1.54) is 11.8 Å². The van der Waals surface area contributed by atoms with E-state index in [0.717, 1.165) is 33.3 Å². The number of nitrogens with one attached hydrogen (secondary N) is 1. The van der Waals surface area contributed by atoms with Gasteiger partial charge in [-0.05, 0) is 31.5 Å². The fraction of sp³-hybridized carbons (Fsp3) is 0.150. The highest BCUT2D eigenvalue weighted by molar-refractivity contribution is 7.99. The lowest BCUT2D eigenvalue weighted by Gasteiger charge is -2.00. The SMILES string of the molecule is Cc1ccccc1-c1nnc(SCC(=O)c2c(C)[nH]c3ccccc23)o1. The number of H-pyrrole nitrogens is 1. The van der Waals surface area contributed by atoms with Gasteiger partial charge in [0.05, 0.1) is 5.75 Å². The number of aryl methyl sites for hydroxylation is 2. The van der Waals surface area contributed by atoms with Gasteiger partial charge in [0.25, 0.3) is 5.22 Å². The Hall–Kier alpha value is -2.86. The fourth-order valence-electron chi connectivity index (χ4n) is 3.03. The molecule has 0 saturated carbocycles. The number of para-hydroxylation sites is 1. The Morgan fingerprint density at radius 3 is 2.69 bits per heavy atom. The van der Waals surface area contributed by atoms with Crippen LogP contribution in [-0.4, -0.2) is 26.7 Å². The third-order valence-electron chi connectivity index (χ3n) is 4.28. The van der Waals surface area contributed by atoms with Gasteiger partial charge in [-0.3, -0.25) is 4.79 Å². The molecule has 0 fully saturated rings. The van der Waals surface area contributed by atoms with Gasteiger partial charge in [-0.2, -0.15) is 0 Å². The second kappa shape index (κ2) is 6.80. The highest BCUT2D eigenvalue weighted by Crippen LogP contribution is 2.28. The number of aromatic nitrogens is 3. The zero-order chi connectivity index (χ0) is 18.1. The molecule has 26 heavy (non-hydrogen) atoms. The van der Waals surface area contributed by atoms with E-state index < -0.39 is 0 Å². The van der Waals surface area contributed by atoms with Gasteiger partial charge in [0, 0.05) is 27.7 Å². The summed E-state index contributed by atoms with van der Waals surface area (Å²) in [6.45, 7) is 3.91. The topological polar surface area (TPSA) is 71.8 Å². The van der Waals surface area contributed by atoms with Crippen LogP contribution in [0.4, 0.5) is 0 Å². The molecule has 1 N–H and O–H groups in total. The Morgan fingerprint density at radius 2 is 1.85 bits per heavy atom.